The van der Waals surface area contributed by atoms with Crippen LogP contribution in [-0.4, -0.2) is 29.9 Å². The van der Waals surface area contributed by atoms with E-state index in [1.165, 1.54) is 18.9 Å². The molecule has 1 atom stereocenters. The van der Waals surface area contributed by atoms with Crippen LogP contribution in [0.3, 0.4) is 0 Å². The van der Waals surface area contributed by atoms with Crippen LogP contribution >= 0.6 is 23.4 Å². The van der Waals surface area contributed by atoms with Gasteiger partial charge in [-0.3, -0.25) is 9.78 Å². The van der Waals surface area contributed by atoms with Gasteiger partial charge in [0.2, 0.25) is 0 Å². The van der Waals surface area contributed by atoms with Crippen molar-refractivity contribution < 1.29 is 9.53 Å². The van der Waals surface area contributed by atoms with Crippen LogP contribution in [0.25, 0.3) is 10.9 Å². The Morgan fingerprint density at radius 1 is 1.50 bits per heavy atom. The number of pyridine rings is 1. The summed E-state index contributed by atoms with van der Waals surface area (Å²) in [4.78, 5) is 16.8. The monoisotopic (exact) mass is 310 g/mol. The highest BCUT2D eigenvalue weighted by atomic mass is 35.5. The summed E-state index contributed by atoms with van der Waals surface area (Å²) in [5, 5.41) is 1.62. The Morgan fingerprint density at radius 2 is 2.25 bits per heavy atom. The molecule has 0 radical (unpaired) electrons. The molecule has 1 aromatic carbocycles. The van der Waals surface area contributed by atoms with Crippen molar-refractivity contribution in [2.75, 3.05) is 12.9 Å². The average Bonchev–Trinajstić information content (AvgIpc) is 2.44. The van der Waals surface area contributed by atoms with Gasteiger partial charge < -0.3 is 10.5 Å². The van der Waals surface area contributed by atoms with Crippen LogP contribution in [0, 0.1) is 6.92 Å². The Hall–Kier alpha value is -1.30. The number of carbonyl (C=O) groups excluding carboxylic acids is 1. The maximum atomic E-state index is 11.3. The first-order valence-corrected chi connectivity index (χ1v) is 7.40. The molecule has 0 saturated carbocycles. The number of hydrogen-bond acceptors (Lipinski definition) is 5. The number of hydrogen-bond donors (Lipinski definition) is 1. The zero-order valence-corrected chi connectivity index (χ0v) is 12.8. The molecular formula is C14H15ClN2O2S. The summed E-state index contributed by atoms with van der Waals surface area (Å²) in [6.45, 7) is 1.93. The number of aromatic nitrogens is 1. The minimum atomic E-state index is -0.646. The second-order valence-electron chi connectivity index (χ2n) is 4.36. The number of ether oxygens (including phenoxy) is 1. The number of aryl methyl sites for hydroxylation is 1. The van der Waals surface area contributed by atoms with Gasteiger partial charge in [-0.05, 0) is 31.2 Å². The highest BCUT2D eigenvalue weighted by Crippen LogP contribution is 2.30. The van der Waals surface area contributed by atoms with Gasteiger partial charge in [-0.15, -0.1) is 11.8 Å². The van der Waals surface area contributed by atoms with Crippen molar-refractivity contribution in [2.45, 2.75) is 17.9 Å². The van der Waals surface area contributed by atoms with Crippen molar-refractivity contribution in [1.29, 1.82) is 0 Å². The largest absolute Gasteiger partial charge is 0.468 e. The minimum absolute atomic E-state index is 0.411. The van der Waals surface area contributed by atoms with Crippen LogP contribution in [0.2, 0.25) is 5.02 Å². The fourth-order valence-corrected chi connectivity index (χ4v) is 3.05. The van der Waals surface area contributed by atoms with Crippen LogP contribution in [-0.2, 0) is 9.53 Å². The van der Waals surface area contributed by atoms with Crippen molar-refractivity contribution in [3.8, 4) is 0 Å². The normalized spacial score (nSPS) is 12.4. The van der Waals surface area contributed by atoms with Crippen molar-refractivity contribution in [1.82, 2.24) is 4.98 Å². The van der Waals surface area contributed by atoms with E-state index in [9.17, 15) is 4.79 Å². The molecular weight excluding hydrogens is 296 g/mol. The van der Waals surface area contributed by atoms with E-state index in [1.54, 1.807) is 0 Å². The summed E-state index contributed by atoms with van der Waals surface area (Å²) >= 11 is 7.53. The Morgan fingerprint density at radius 3 is 2.95 bits per heavy atom. The van der Waals surface area contributed by atoms with Gasteiger partial charge in [0, 0.05) is 26.8 Å². The van der Waals surface area contributed by atoms with Crippen molar-refractivity contribution >= 4 is 40.2 Å². The van der Waals surface area contributed by atoms with E-state index in [1.807, 2.05) is 31.2 Å². The maximum Gasteiger partial charge on any atom is 0.323 e. The summed E-state index contributed by atoms with van der Waals surface area (Å²) in [7, 11) is 1.33. The predicted molar refractivity (Wildman–Crippen MR) is 82.2 cm³/mol. The molecule has 1 aromatic heterocycles. The van der Waals surface area contributed by atoms with Crippen LogP contribution in [0.1, 0.15) is 5.69 Å². The van der Waals surface area contributed by atoms with E-state index in [4.69, 9.17) is 17.3 Å². The molecule has 0 saturated heterocycles. The molecule has 0 aliphatic carbocycles. The molecule has 0 fully saturated rings. The number of nitrogens with zero attached hydrogens (tertiary/aromatic N) is 1. The molecule has 0 amide bonds. The summed E-state index contributed by atoms with van der Waals surface area (Å²) in [6.07, 6.45) is 0. The zero-order valence-electron chi connectivity index (χ0n) is 11.2. The third kappa shape index (κ3) is 3.42. The fraction of sp³-hybridized carbons (Fsp3) is 0.286. The summed E-state index contributed by atoms with van der Waals surface area (Å²) in [5.74, 6) is 0.0307. The number of nitrogens with two attached hydrogens (primary N) is 1. The summed E-state index contributed by atoms with van der Waals surface area (Å²) in [5.41, 5.74) is 7.54. The highest BCUT2D eigenvalue weighted by Gasteiger charge is 2.15. The number of rotatable bonds is 4. The number of esters is 1. The molecule has 2 N–H and O–H groups in total. The molecule has 0 aliphatic heterocycles. The number of thioether (sulfide) groups is 1. The zero-order chi connectivity index (χ0) is 14.7. The topological polar surface area (TPSA) is 65.2 Å². The van der Waals surface area contributed by atoms with Gasteiger partial charge in [-0.1, -0.05) is 11.6 Å². The van der Waals surface area contributed by atoms with Crippen molar-refractivity contribution in [3.05, 3.63) is 35.0 Å². The first-order chi connectivity index (χ1) is 9.51. The number of methoxy groups -OCH3 is 1. The lowest BCUT2D eigenvalue weighted by Crippen LogP contribution is -2.33. The Labute approximate surface area is 126 Å². The van der Waals surface area contributed by atoms with Crippen LogP contribution in [0.4, 0.5) is 0 Å². The van der Waals surface area contributed by atoms with E-state index >= 15 is 0 Å². The van der Waals surface area contributed by atoms with E-state index < -0.39 is 12.0 Å². The third-order valence-electron chi connectivity index (χ3n) is 2.78. The van der Waals surface area contributed by atoms with E-state index in [-0.39, 0.29) is 0 Å². The molecule has 1 heterocycles. The van der Waals surface area contributed by atoms with Gasteiger partial charge >= 0.3 is 5.97 Å². The van der Waals surface area contributed by atoms with Gasteiger partial charge in [0.15, 0.2) is 0 Å². The minimum Gasteiger partial charge on any atom is -0.468 e. The predicted octanol–water partition coefficient (Wildman–Crippen LogP) is 2.79. The molecule has 2 aromatic rings. The smallest absolute Gasteiger partial charge is 0.323 e. The number of benzene rings is 1. The highest BCUT2D eigenvalue weighted by molar-refractivity contribution is 7.99. The number of carbonyl (C=O) groups is 1. The van der Waals surface area contributed by atoms with Crippen LogP contribution in [0.15, 0.2) is 29.2 Å². The second kappa shape index (κ2) is 6.43. The molecule has 4 nitrogen and oxygen atoms in total. The second-order valence-corrected chi connectivity index (χ2v) is 5.86. The lowest BCUT2D eigenvalue weighted by molar-refractivity contribution is -0.141. The first kappa shape index (κ1) is 15.1. The molecule has 0 aliphatic rings. The Bertz CT molecular complexity index is 648. The quantitative estimate of drug-likeness (QED) is 0.695. The molecule has 0 unspecified atom stereocenters. The SMILES string of the molecule is COC(=O)[C@@H](N)CSc1cc(C)nc2ccc(Cl)cc12. The van der Waals surface area contributed by atoms with Gasteiger partial charge in [-0.2, -0.15) is 0 Å². The standard InChI is InChI=1S/C14H15ClN2O2S/c1-8-5-13(20-7-11(16)14(18)19-2)10-6-9(15)3-4-12(10)17-8/h3-6,11H,7,16H2,1-2H3/t11-/m0/s1. The van der Waals surface area contributed by atoms with Gasteiger partial charge in [-0.25, -0.2) is 0 Å². The number of fused-ring (bicyclic) bond motifs is 1. The molecule has 0 bridgehead atoms. The van der Waals surface area contributed by atoms with Gasteiger partial charge in [0.25, 0.3) is 0 Å². The van der Waals surface area contributed by atoms with E-state index in [0.29, 0.717) is 10.8 Å². The van der Waals surface area contributed by atoms with E-state index in [0.717, 1.165) is 21.5 Å². The van der Waals surface area contributed by atoms with Crippen molar-refractivity contribution in [3.63, 3.8) is 0 Å². The molecule has 20 heavy (non-hydrogen) atoms. The maximum absolute atomic E-state index is 11.3. The van der Waals surface area contributed by atoms with Gasteiger partial charge in [0.05, 0.1) is 12.6 Å². The van der Waals surface area contributed by atoms with Crippen LogP contribution < -0.4 is 5.73 Å². The number of halogens is 1. The third-order valence-corrected chi connectivity index (χ3v) is 4.19. The Kier molecular flexibility index (Phi) is 4.86. The summed E-state index contributed by atoms with van der Waals surface area (Å²) in [6, 6.07) is 6.88. The van der Waals surface area contributed by atoms with Crippen molar-refractivity contribution in [2.24, 2.45) is 5.73 Å². The van der Waals surface area contributed by atoms with Crippen LogP contribution in [0.5, 0.6) is 0 Å². The first-order valence-electron chi connectivity index (χ1n) is 6.04. The summed E-state index contributed by atoms with van der Waals surface area (Å²) < 4.78 is 4.62. The molecule has 106 valence electrons. The Balaban J connectivity index is 2.29. The average molecular weight is 311 g/mol. The molecule has 2 rings (SSSR count). The fourth-order valence-electron chi connectivity index (χ4n) is 1.81. The molecule has 0 spiro atoms. The lowest BCUT2D eigenvalue weighted by Gasteiger charge is -2.11. The molecule has 6 heteroatoms. The lowest BCUT2D eigenvalue weighted by atomic mass is 10.2. The van der Waals surface area contributed by atoms with E-state index in [2.05, 4.69) is 9.72 Å². The van der Waals surface area contributed by atoms with Gasteiger partial charge in [0.1, 0.15) is 6.04 Å².